The summed E-state index contributed by atoms with van der Waals surface area (Å²) in [4.78, 5) is 40.4. The molecule has 10 nitrogen and oxygen atoms in total. The van der Waals surface area contributed by atoms with Crippen molar-refractivity contribution in [2.45, 2.75) is 20.3 Å². The van der Waals surface area contributed by atoms with Crippen LogP contribution in [0.4, 0.5) is 22.0 Å². The lowest BCUT2D eigenvalue weighted by Crippen LogP contribution is -2.27. The third kappa shape index (κ3) is 8.07. The molecule has 1 atom stereocenters. The summed E-state index contributed by atoms with van der Waals surface area (Å²) in [6.45, 7) is 4.23. The van der Waals surface area contributed by atoms with Crippen LogP contribution in [0.3, 0.4) is 0 Å². The molecule has 3 rings (SSSR count). The fourth-order valence-electron chi connectivity index (χ4n) is 3.52. The molecule has 1 unspecified atom stereocenters. The number of carboxylic acid groups (broad SMARTS) is 1. The Morgan fingerprint density at radius 1 is 1.00 bits per heavy atom. The summed E-state index contributed by atoms with van der Waals surface area (Å²) >= 11 is 0. The molecule has 0 saturated heterocycles. The Morgan fingerprint density at radius 3 is 2.46 bits per heavy atom. The van der Waals surface area contributed by atoms with Crippen LogP contribution in [0.5, 0.6) is 0 Å². The van der Waals surface area contributed by atoms with E-state index in [1.807, 2.05) is 13.0 Å². The predicted octanol–water partition coefficient (Wildman–Crippen LogP) is 4.28. The van der Waals surface area contributed by atoms with Gasteiger partial charge in [0.2, 0.25) is 0 Å². The van der Waals surface area contributed by atoms with Crippen molar-refractivity contribution < 1.29 is 19.5 Å². The zero-order valence-corrected chi connectivity index (χ0v) is 20.5. The van der Waals surface area contributed by atoms with Gasteiger partial charge >= 0.3 is 6.09 Å². The molecule has 0 bridgehead atoms. The van der Waals surface area contributed by atoms with E-state index in [0.717, 1.165) is 11.1 Å². The smallest absolute Gasteiger partial charge is 0.404 e. The summed E-state index contributed by atoms with van der Waals surface area (Å²) in [7, 11) is 0. The number of carbonyl (C=O) groups is 3. The van der Waals surface area contributed by atoms with E-state index >= 15 is 0 Å². The van der Waals surface area contributed by atoms with Gasteiger partial charge in [-0.05, 0) is 67.8 Å². The molecule has 2 aromatic carbocycles. The monoisotopic (exact) mass is 500 g/mol. The minimum absolute atomic E-state index is 0.153. The topological polar surface area (TPSA) is 156 Å². The van der Waals surface area contributed by atoms with Crippen molar-refractivity contribution in [3.05, 3.63) is 83.0 Å². The molecule has 0 aliphatic carbocycles. The molecule has 1 aromatic heterocycles. The Bertz CT molecular complexity index is 1320. The van der Waals surface area contributed by atoms with E-state index in [1.54, 1.807) is 55.5 Å². The molecule has 3 aromatic rings. The average molecular weight is 501 g/mol. The van der Waals surface area contributed by atoms with Gasteiger partial charge in [0.15, 0.2) is 0 Å². The van der Waals surface area contributed by atoms with Gasteiger partial charge in [-0.3, -0.25) is 9.59 Å². The highest BCUT2D eigenvalue weighted by Crippen LogP contribution is 2.19. The molecular formula is C27H28N6O4. The standard InChI is InChI=1S/C27H28N6O4/c1-17(15-28)12-19-4-3-5-20(13-19)25(34)32-21-7-6-18(2)23(14-21)26(35)33-22-8-9-24(31-16-22)29-10-11-30-27(36)37/h3-9,13-14,16-17,30H,10-12H2,1-2H3,(H,29,31)(H,32,34)(H,33,35)(H,36,37). The Kier molecular flexibility index (Phi) is 9.16. The fraction of sp³-hybridized carbons (Fsp3) is 0.222. The average Bonchev–Trinajstić information content (AvgIpc) is 2.88. The van der Waals surface area contributed by atoms with Gasteiger partial charge in [0.1, 0.15) is 5.82 Å². The van der Waals surface area contributed by atoms with E-state index in [4.69, 9.17) is 10.4 Å². The Balaban J connectivity index is 1.63. The van der Waals surface area contributed by atoms with E-state index in [-0.39, 0.29) is 24.3 Å². The highest BCUT2D eigenvalue weighted by atomic mass is 16.4. The number of anilines is 3. The SMILES string of the molecule is Cc1ccc(NC(=O)c2cccc(CC(C)C#N)c2)cc1C(=O)Nc1ccc(NCCNC(=O)O)nc1. The van der Waals surface area contributed by atoms with Gasteiger partial charge in [-0.2, -0.15) is 5.26 Å². The maximum Gasteiger partial charge on any atom is 0.404 e. The number of benzene rings is 2. The van der Waals surface area contributed by atoms with Gasteiger partial charge < -0.3 is 26.4 Å². The Labute approximate surface area is 214 Å². The number of carbonyl (C=O) groups excluding carboxylic acids is 2. The number of aromatic nitrogens is 1. The van der Waals surface area contributed by atoms with Crippen LogP contribution in [0.25, 0.3) is 0 Å². The minimum Gasteiger partial charge on any atom is -0.465 e. The molecule has 0 aliphatic rings. The molecule has 3 amide bonds. The largest absolute Gasteiger partial charge is 0.465 e. The molecule has 5 N–H and O–H groups in total. The quantitative estimate of drug-likeness (QED) is 0.260. The number of pyridine rings is 1. The van der Waals surface area contributed by atoms with E-state index in [9.17, 15) is 14.4 Å². The van der Waals surface area contributed by atoms with Crippen LogP contribution < -0.4 is 21.3 Å². The molecule has 37 heavy (non-hydrogen) atoms. The first-order valence-corrected chi connectivity index (χ1v) is 11.6. The lowest BCUT2D eigenvalue weighted by molar-refractivity contribution is 0.101. The number of amides is 3. The number of nitrogens with one attached hydrogen (secondary N) is 4. The lowest BCUT2D eigenvalue weighted by Gasteiger charge is -2.12. The summed E-state index contributed by atoms with van der Waals surface area (Å²) in [5.41, 5.74) is 3.46. The van der Waals surface area contributed by atoms with E-state index in [2.05, 4.69) is 32.3 Å². The summed E-state index contributed by atoms with van der Waals surface area (Å²) in [5, 5.41) is 28.5. The zero-order valence-electron chi connectivity index (χ0n) is 20.5. The second kappa shape index (κ2) is 12.7. The van der Waals surface area contributed by atoms with E-state index in [0.29, 0.717) is 41.3 Å². The lowest BCUT2D eigenvalue weighted by atomic mass is 10.0. The summed E-state index contributed by atoms with van der Waals surface area (Å²) in [6.07, 6.45) is 0.953. The van der Waals surface area contributed by atoms with Crippen molar-refractivity contribution in [3.8, 4) is 6.07 Å². The van der Waals surface area contributed by atoms with Gasteiger partial charge in [0.05, 0.1) is 18.0 Å². The highest BCUT2D eigenvalue weighted by molar-refractivity contribution is 6.08. The number of nitrogens with zero attached hydrogens (tertiary/aromatic N) is 2. The molecule has 0 radical (unpaired) electrons. The van der Waals surface area contributed by atoms with Crippen LogP contribution in [0, 0.1) is 24.2 Å². The first-order valence-electron chi connectivity index (χ1n) is 11.6. The van der Waals surface area contributed by atoms with Crippen LogP contribution in [0.2, 0.25) is 0 Å². The van der Waals surface area contributed by atoms with Crippen molar-refractivity contribution in [1.82, 2.24) is 10.3 Å². The number of nitriles is 1. The maximum atomic E-state index is 12.9. The highest BCUT2D eigenvalue weighted by Gasteiger charge is 2.13. The normalized spacial score (nSPS) is 11.1. The van der Waals surface area contributed by atoms with E-state index in [1.165, 1.54) is 6.20 Å². The van der Waals surface area contributed by atoms with Crippen LogP contribution in [-0.2, 0) is 6.42 Å². The van der Waals surface area contributed by atoms with Gasteiger partial charge in [0, 0.05) is 35.8 Å². The van der Waals surface area contributed by atoms with Crippen molar-refractivity contribution in [2.24, 2.45) is 5.92 Å². The number of hydrogen-bond acceptors (Lipinski definition) is 6. The molecule has 0 fully saturated rings. The van der Waals surface area contributed by atoms with Crippen molar-refractivity contribution in [1.29, 1.82) is 5.26 Å². The Morgan fingerprint density at radius 2 is 1.76 bits per heavy atom. The van der Waals surface area contributed by atoms with Crippen LogP contribution in [0.1, 0.15) is 38.8 Å². The summed E-state index contributed by atoms with van der Waals surface area (Å²) < 4.78 is 0. The fourth-order valence-corrected chi connectivity index (χ4v) is 3.52. The molecular weight excluding hydrogens is 472 g/mol. The maximum absolute atomic E-state index is 12.9. The van der Waals surface area contributed by atoms with Gasteiger partial charge in [0.25, 0.3) is 11.8 Å². The molecule has 1 heterocycles. The second-order valence-electron chi connectivity index (χ2n) is 8.46. The molecule has 0 aliphatic heterocycles. The van der Waals surface area contributed by atoms with Gasteiger partial charge in [-0.15, -0.1) is 0 Å². The first-order chi connectivity index (χ1) is 17.7. The summed E-state index contributed by atoms with van der Waals surface area (Å²) in [6, 6.07) is 17.8. The van der Waals surface area contributed by atoms with Crippen LogP contribution >= 0.6 is 0 Å². The number of rotatable bonds is 10. The van der Waals surface area contributed by atoms with Crippen LogP contribution in [-0.4, -0.2) is 41.1 Å². The van der Waals surface area contributed by atoms with Gasteiger partial charge in [-0.1, -0.05) is 18.2 Å². The number of aryl methyl sites for hydroxylation is 1. The van der Waals surface area contributed by atoms with E-state index < -0.39 is 6.09 Å². The second-order valence-corrected chi connectivity index (χ2v) is 8.46. The third-order valence-corrected chi connectivity index (χ3v) is 5.42. The van der Waals surface area contributed by atoms with Crippen LogP contribution in [0.15, 0.2) is 60.8 Å². The number of hydrogen-bond donors (Lipinski definition) is 5. The van der Waals surface area contributed by atoms with Crippen molar-refractivity contribution in [3.63, 3.8) is 0 Å². The minimum atomic E-state index is -1.09. The zero-order chi connectivity index (χ0) is 26.8. The molecule has 0 saturated carbocycles. The first kappa shape index (κ1) is 26.7. The summed E-state index contributed by atoms with van der Waals surface area (Å²) in [5.74, 6) is -0.278. The Hall–Kier alpha value is -4.91. The molecule has 0 spiro atoms. The van der Waals surface area contributed by atoms with Crippen molar-refractivity contribution >= 4 is 35.1 Å². The molecule has 190 valence electrons. The van der Waals surface area contributed by atoms with Crippen molar-refractivity contribution in [2.75, 3.05) is 29.0 Å². The predicted molar refractivity (Wildman–Crippen MR) is 141 cm³/mol. The van der Waals surface area contributed by atoms with Gasteiger partial charge in [-0.25, -0.2) is 9.78 Å². The third-order valence-electron chi connectivity index (χ3n) is 5.42. The molecule has 10 heteroatoms.